The van der Waals surface area contributed by atoms with Crippen LogP contribution < -0.4 is 18.8 Å². The number of aryl methyl sites for hydroxylation is 1. The van der Waals surface area contributed by atoms with Gasteiger partial charge in [0, 0.05) is 6.54 Å². The number of nitrogens with two attached hydrogens (primary N) is 1. The van der Waals surface area contributed by atoms with Crippen LogP contribution in [0.1, 0.15) is 41.5 Å². The van der Waals surface area contributed by atoms with Crippen LogP contribution in [0.15, 0.2) is 66.7 Å². The van der Waals surface area contributed by atoms with Gasteiger partial charge in [0.2, 0.25) is 0 Å². The smallest absolute Gasteiger partial charge is 0.380 e. The van der Waals surface area contributed by atoms with Crippen molar-refractivity contribution in [2.24, 2.45) is 5.14 Å². The predicted octanol–water partition coefficient (Wildman–Crippen LogP) is 4.66. The number of hydrogen-bond acceptors (Lipinski definition) is 6. The lowest BCUT2D eigenvalue weighted by atomic mass is 9.79. The molecule has 0 atom stereocenters. The van der Waals surface area contributed by atoms with Crippen molar-refractivity contribution in [1.82, 2.24) is 4.90 Å². The highest BCUT2D eigenvalue weighted by molar-refractivity contribution is 7.84. The molecular formula is C29H32N2O5S. The van der Waals surface area contributed by atoms with Crippen LogP contribution >= 0.6 is 0 Å². The molecule has 194 valence electrons. The second kappa shape index (κ2) is 11.0. The van der Waals surface area contributed by atoms with Crippen LogP contribution in [-0.2, 0) is 16.7 Å². The van der Waals surface area contributed by atoms with E-state index in [2.05, 4.69) is 29.2 Å². The molecule has 3 aromatic rings. The Bertz CT molecular complexity index is 1380. The molecule has 2 aliphatic rings. The first-order valence-corrected chi connectivity index (χ1v) is 14.1. The molecule has 7 nitrogen and oxygen atoms in total. The Hall–Kier alpha value is -3.33. The van der Waals surface area contributed by atoms with Crippen molar-refractivity contribution < 1.29 is 22.1 Å². The Morgan fingerprint density at radius 1 is 0.838 bits per heavy atom. The minimum absolute atomic E-state index is 0.218. The molecule has 0 amide bonds. The Labute approximate surface area is 218 Å². The van der Waals surface area contributed by atoms with Crippen LogP contribution in [-0.4, -0.2) is 46.7 Å². The summed E-state index contributed by atoms with van der Waals surface area (Å²) in [7, 11) is -2.43. The van der Waals surface area contributed by atoms with Gasteiger partial charge in [-0.05, 0) is 109 Å². The minimum Gasteiger partial charge on any atom is -0.497 e. The van der Waals surface area contributed by atoms with E-state index in [0.29, 0.717) is 6.61 Å². The fourth-order valence-corrected chi connectivity index (χ4v) is 5.55. The van der Waals surface area contributed by atoms with Gasteiger partial charge in [-0.15, -0.1) is 0 Å². The summed E-state index contributed by atoms with van der Waals surface area (Å²) in [5.41, 5.74) is 6.58. The largest absolute Gasteiger partial charge is 0.497 e. The molecule has 0 unspecified atom stereocenters. The number of allylic oxidation sites excluding steroid dienone is 1. The topological polar surface area (TPSA) is 91.1 Å². The number of methoxy groups -OCH3 is 1. The number of fused-ring (bicyclic) bond motifs is 1. The van der Waals surface area contributed by atoms with Gasteiger partial charge in [-0.2, -0.15) is 13.6 Å². The Morgan fingerprint density at radius 3 is 2.16 bits per heavy atom. The molecule has 1 heterocycles. The summed E-state index contributed by atoms with van der Waals surface area (Å²) >= 11 is 0. The quantitative estimate of drug-likeness (QED) is 0.441. The molecule has 0 spiro atoms. The van der Waals surface area contributed by atoms with E-state index in [1.807, 2.05) is 30.3 Å². The van der Waals surface area contributed by atoms with Crippen LogP contribution in [0.4, 0.5) is 0 Å². The van der Waals surface area contributed by atoms with Gasteiger partial charge in [0.15, 0.2) is 0 Å². The molecule has 1 saturated heterocycles. The number of benzene rings is 3. The molecule has 0 saturated carbocycles. The summed E-state index contributed by atoms with van der Waals surface area (Å²) < 4.78 is 39.2. The molecule has 1 fully saturated rings. The van der Waals surface area contributed by atoms with Gasteiger partial charge in [-0.1, -0.05) is 30.3 Å². The molecule has 0 radical (unpaired) electrons. The summed E-state index contributed by atoms with van der Waals surface area (Å²) in [5.74, 6) is 1.88. The summed E-state index contributed by atoms with van der Waals surface area (Å²) in [6.45, 7) is 3.95. The lowest BCUT2D eigenvalue weighted by Crippen LogP contribution is -2.25. The number of ether oxygens (including phenoxy) is 2. The second-order valence-electron chi connectivity index (χ2n) is 9.40. The molecule has 0 bridgehead atoms. The van der Waals surface area contributed by atoms with E-state index < -0.39 is 10.3 Å². The molecule has 3 aromatic carbocycles. The zero-order chi connectivity index (χ0) is 25.8. The maximum Gasteiger partial charge on any atom is 0.380 e. The molecular weight excluding hydrogens is 488 g/mol. The normalized spacial score (nSPS) is 15.9. The highest BCUT2D eigenvalue weighted by atomic mass is 32.2. The molecule has 1 aliphatic carbocycles. The number of hydrogen-bond donors (Lipinski definition) is 1. The highest BCUT2D eigenvalue weighted by Gasteiger charge is 2.23. The lowest BCUT2D eigenvalue weighted by Gasteiger charge is -2.25. The summed E-state index contributed by atoms with van der Waals surface area (Å²) in [6.07, 6.45) is 4.09. The third-order valence-electron chi connectivity index (χ3n) is 6.96. The van der Waals surface area contributed by atoms with Gasteiger partial charge in [0.1, 0.15) is 23.9 Å². The van der Waals surface area contributed by atoms with Crippen molar-refractivity contribution in [3.63, 3.8) is 0 Å². The van der Waals surface area contributed by atoms with Crippen LogP contribution in [0.25, 0.3) is 11.1 Å². The maximum absolute atomic E-state index is 11.4. The average Bonchev–Trinajstić information content (AvgIpc) is 3.41. The van der Waals surface area contributed by atoms with E-state index in [1.54, 1.807) is 19.2 Å². The summed E-state index contributed by atoms with van der Waals surface area (Å²) in [5, 5.41) is 5.08. The first kappa shape index (κ1) is 25.3. The van der Waals surface area contributed by atoms with Crippen molar-refractivity contribution in [1.29, 1.82) is 0 Å². The van der Waals surface area contributed by atoms with Crippen LogP contribution in [0, 0.1) is 0 Å². The number of rotatable bonds is 9. The van der Waals surface area contributed by atoms with Gasteiger partial charge < -0.3 is 13.7 Å². The van der Waals surface area contributed by atoms with Gasteiger partial charge in [0.05, 0.1) is 7.11 Å². The van der Waals surface area contributed by atoms with E-state index >= 15 is 0 Å². The van der Waals surface area contributed by atoms with Crippen LogP contribution in [0.2, 0.25) is 0 Å². The Kier molecular flexibility index (Phi) is 7.50. The molecule has 37 heavy (non-hydrogen) atoms. The van der Waals surface area contributed by atoms with Crippen molar-refractivity contribution in [2.75, 3.05) is 33.4 Å². The van der Waals surface area contributed by atoms with E-state index in [0.717, 1.165) is 71.8 Å². The fraction of sp³-hybridized carbons (Fsp3) is 0.310. The van der Waals surface area contributed by atoms with E-state index in [9.17, 15) is 8.42 Å². The first-order chi connectivity index (χ1) is 17.9. The van der Waals surface area contributed by atoms with E-state index in [-0.39, 0.29) is 5.75 Å². The molecule has 1 aliphatic heterocycles. The Morgan fingerprint density at radius 2 is 1.49 bits per heavy atom. The summed E-state index contributed by atoms with van der Waals surface area (Å²) in [6, 6.07) is 21.6. The van der Waals surface area contributed by atoms with Crippen LogP contribution in [0.3, 0.4) is 0 Å². The standard InChI is InChI=1S/C29H32N2O5S/c1-34-24-9-4-21(5-10-24)27-14-8-23-20-26(36-37(30,32)33)13-15-28(23)29(27)22-6-11-25(12-7-22)35-19-18-31-16-2-3-17-31/h4-7,9-13,15,20H,2-3,8,14,16-19H2,1H3,(H2,30,32,33). The zero-order valence-electron chi connectivity index (χ0n) is 21.0. The third-order valence-corrected chi connectivity index (χ3v) is 7.39. The number of nitrogens with zero attached hydrogens (tertiary/aromatic N) is 1. The fourth-order valence-electron chi connectivity index (χ4n) is 5.18. The number of likely N-dealkylation sites (tertiary alicyclic amines) is 1. The zero-order valence-corrected chi connectivity index (χ0v) is 21.8. The lowest BCUT2D eigenvalue weighted by molar-refractivity contribution is 0.238. The third kappa shape index (κ3) is 6.15. The highest BCUT2D eigenvalue weighted by Crippen LogP contribution is 2.42. The minimum atomic E-state index is -4.09. The molecule has 8 heteroatoms. The van der Waals surface area contributed by atoms with E-state index in [1.165, 1.54) is 18.4 Å². The van der Waals surface area contributed by atoms with Gasteiger partial charge in [-0.25, -0.2) is 0 Å². The monoisotopic (exact) mass is 520 g/mol. The maximum atomic E-state index is 11.4. The second-order valence-corrected chi connectivity index (χ2v) is 10.6. The average molecular weight is 521 g/mol. The molecule has 0 aromatic heterocycles. The first-order valence-electron chi connectivity index (χ1n) is 12.6. The van der Waals surface area contributed by atoms with Gasteiger partial charge in [0.25, 0.3) is 0 Å². The van der Waals surface area contributed by atoms with Crippen molar-refractivity contribution >= 4 is 21.5 Å². The van der Waals surface area contributed by atoms with Gasteiger partial charge >= 0.3 is 10.3 Å². The SMILES string of the molecule is COc1ccc(C2=C(c3ccc(OCCN4CCCC4)cc3)c3ccc(OS(N)(=O)=O)cc3CC2)cc1. The van der Waals surface area contributed by atoms with Crippen molar-refractivity contribution in [3.8, 4) is 17.2 Å². The van der Waals surface area contributed by atoms with Crippen molar-refractivity contribution in [3.05, 3.63) is 89.0 Å². The van der Waals surface area contributed by atoms with Crippen LogP contribution in [0.5, 0.6) is 17.2 Å². The summed E-state index contributed by atoms with van der Waals surface area (Å²) in [4.78, 5) is 2.44. The van der Waals surface area contributed by atoms with Crippen molar-refractivity contribution in [2.45, 2.75) is 25.7 Å². The van der Waals surface area contributed by atoms with Gasteiger partial charge in [-0.3, -0.25) is 4.90 Å². The Balaban J connectivity index is 1.47. The van der Waals surface area contributed by atoms with E-state index in [4.69, 9.17) is 18.8 Å². The predicted molar refractivity (Wildman–Crippen MR) is 145 cm³/mol. The molecule has 2 N–H and O–H groups in total. The molecule has 5 rings (SSSR count).